The summed E-state index contributed by atoms with van der Waals surface area (Å²) in [4.78, 5) is 0. The minimum atomic E-state index is -0.295. The van der Waals surface area contributed by atoms with E-state index < -0.39 is 0 Å². The van der Waals surface area contributed by atoms with E-state index in [9.17, 15) is 5.11 Å². The topological polar surface area (TPSA) is 29.5 Å². The van der Waals surface area contributed by atoms with Gasteiger partial charge in [0, 0.05) is 0 Å². The number of ether oxygens (including phenoxy) is 1. The van der Waals surface area contributed by atoms with Crippen LogP contribution in [0.4, 0.5) is 0 Å². The van der Waals surface area contributed by atoms with E-state index in [1.807, 2.05) is 38.1 Å². The van der Waals surface area contributed by atoms with Crippen LogP contribution in [-0.4, -0.2) is 11.2 Å². The van der Waals surface area contributed by atoms with E-state index in [0.29, 0.717) is 5.92 Å². The number of fused-ring (bicyclic) bond motifs is 1. The molecule has 98 valence electrons. The molecular weight excluding hydrogens is 224 g/mol. The highest BCUT2D eigenvalue weighted by molar-refractivity contribution is 5.31. The van der Waals surface area contributed by atoms with E-state index in [1.165, 1.54) is 19.3 Å². The van der Waals surface area contributed by atoms with Gasteiger partial charge in [-0.2, -0.15) is 0 Å². The van der Waals surface area contributed by atoms with Gasteiger partial charge in [0.2, 0.25) is 0 Å². The average Bonchev–Trinajstić information content (AvgIpc) is 2.80. The van der Waals surface area contributed by atoms with Crippen LogP contribution in [0.15, 0.2) is 24.3 Å². The molecule has 0 bridgehead atoms. The third kappa shape index (κ3) is 2.14. The Labute approximate surface area is 109 Å². The van der Waals surface area contributed by atoms with Crippen molar-refractivity contribution >= 4 is 0 Å². The van der Waals surface area contributed by atoms with Gasteiger partial charge in [-0.1, -0.05) is 18.6 Å². The quantitative estimate of drug-likeness (QED) is 0.880. The lowest BCUT2D eigenvalue weighted by Gasteiger charge is -2.15. The number of rotatable bonds is 4. The van der Waals surface area contributed by atoms with Crippen molar-refractivity contribution in [2.24, 2.45) is 17.8 Å². The Hall–Kier alpha value is -1.02. The Kier molecular flexibility index (Phi) is 3.06. The Bertz CT molecular complexity index is 417. The lowest BCUT2D eigenvalue weighted by atomic mass is 9.99. The van der Waals surface area contributed by atoms with Crippen LogP contribution in [-0.2, 0) is 0 Å². The highest BCUT2D eigenvalue weighted by Crippen LogP contribution is 2.62. The summed E-state index contributed by atoms with van der Waals surface area (Å²) in [5.41, 5.74) is 1.02. The minimum absolute atomic E-state index is 0.178. The third-order valence-electron chi connectivity index (χ3n) is 4.41. The van der Waals surface area contributed by atoms with Crippen LogP contribution in [0.25, 0.3) is 0 Å². The van der Waals surface area contributed by atoms with Gasteiger partial charge in [0.05, 0.1) is 12.2 Å². The van der Waals surface area contributed by atoms with Crippen LogP contribution in [0.3, 0.4) is 0 Å². The van der Waals surface area contributed by atoms with Crippen LogP contribution in [0.5, 0.6) is 5.75 Å². The van der Waals surface area contributed by atoms with Gasteiger partial charge in [-0.05, 0) is 62.1 Å². The van der Waals surface area contributed by atoms with Gasteiger partial charge >= 0.3 is 0 Å². The predicted octanol–water partition coefficient (Wildman–Crippen LogP) is 3.55. The molecule has 0 spiro atoms. The first-order valence-corrected chi connectivity index (χ1v) is 7.11. The number of hydrogen-bond acceptors (Lipinski definition) is 2. The predicted molar refractivity (Wildman–Crippen MR) is 71.5 cm³/mol. The molecule has 0 saturated heterocycles. The molecule has 2 fully saturated rings. The van der Waals surface area contributed by atoms with Crippen LogP contribution in [0, 0.1) is 17.8 Å². The number of aliphatic hydroxyl groups excluding tert-OH is 1. The van der Waals surface area contributed by atoms with E-state index in [4.69, 9.17) is 4.74 Å². The van der Waals surface area contributed by atoms with E-state index in [-0.39, 0.29) is 12.2 Å². The highest BCUT2D eigenvalue weighted by Gasteiger charge is 2.55. The van der Waals surface area contributed by atoms with Crippen molar-refractivity contribution in [2.45, 2.75) is 45.3 Å². The zero-order valence-corrected chi connectivity index (χ0v) is 11.2. The third-order valence-corrected chi connectivity index (χ3v) is 4.41. The van der Waals surface area contributed by atoms with Crippen molar-refractivity contribution in [3.63, 3.8) is 0 Å². The van der Waals surface area contributed by atoms with E-state index in [0.717, 1.165) is 23.1 Å². The molecule has 1 aromatic rings. The fourth-order valence-electron chi connectivity index (χ4n) is 3.61. The maximum absolute atomic E-state index is 10.5. The van der Waals surface area contributed by atoms with Crippen molar-refractivity contribution in [2.75, 3.05) is 0 Å². The maximum Gasteiger partial charge on any atom is 0.120 e. The smallest absolute Gasteiger partial charge is 0.120 e. The monoisotopic (exact) mass is 246 g/mol. The fraction of sp³-hybridized carbons (Fsp3) is 0.625. The Morgan fingerprint density at radius 1 is 1.22 bits per heavy atom. The molecule has 1 N–H and O–H groups in total. The zero-order chi connectivity index (χ0) is 12.7. The van der Waals surface area contributed by atoms with Crippen molar-refractivity contribution in [3.05, 3.63) is 29.8 Å². The molecule has 0 aromatic heterocycles. The second kappa shape index (κ2) is 4.58. The van der Waals surface area contributed by atoms with Crippen LogP contribution in [0.1, 0.15) is 44.8 Å². The summed E-state index contributed by atoms with van der Waals surface area (Å²) in [6, 6.07) is 7.96. The molecule has 0 radical (unpaired) electrons. The Morgan fingerprint density at radius 2 is 1.94 bits per heavy atom. The zero-order valence-electron chi connectivity index (χ0n) is 11.2. The summed E-state index contributed by atoms with van der Waals surface area (Å²) in [6.45, 7) is 4.04. The molecule has 3 unspecified atom stereocenters. The van der Waals surface area contributed by atoms with Gasteiger partial charge in [-0.15, -0.1) is 0 Å². The van der Waals surface area contributed by atoms with Crippen molar-refractivity contribution in [1.82, 2.24) is 0 Å². The molecule has 2 nitrogen and oxygen atoms in total. The fourth-order valence-corrected chi connectivity index (χ4v) is 3.61. The molecule has 2 saturated carbocycles. The van der Waals surface area contributed by atoms with Gasteiger partial charge in [-0.3, -0.25) is 0 Å². The molecule has 3 rings (SSSR count). The van der Waals surface area contributed by atoms with Gasteiger partial charge in [0.15, 0.2) is 0 Å². The van der Waals surface area contributed by atoms with Crippen LogP contribution in [0.2, 0.25) is 0 Å². The molecule has 2 aliphatic carbocycles. The van der Waals surface area contributed by atoms with Crippen LogP contribution >= 0.6 is 0 Å². The second-order valence-corrected chi connectivity index (χ2v) is 6.02. The largest absolute Gasteiger partial charge is 0.491 e. The molecule has 2 heteroatoms. The van der Waals surface area contributed by atoms with Crippen LogP contribution < -0.4 is 4.74 Å². The maximum atomic E-state index is 10.5. The molecule has 3 atom stereocenters. The minimum Gasteiger partial charge on any atom is -0.491 e. The molecule has 18 heavy (non-hydrogen) atoms. The van der Waals surface area contributed by atoms with Crippen molar-refractivity contribution in [1.29, 1.82) is 0 Å². The molecule has 0 aliphatic heterocycles. The first-order valence-electron chi connectivity index (χ1n) is 7.11. The normalized spacial score (nSPS) is 31.2. The van der Waals surface area contributed by atoms with Gasteiger partial charge in [0.1, 0.15) is 5.75 Å². The summed E-state index contributed by atoms with van der Waals surface area (Å²) in [5.74, 6) is 2.95. The summed E-state index contributed by atoms with van der Waals surface area (Å²) >= 11 is 0. The first kappa shape index (κ1) is 12.0. The standard InChI is InChI=1S/C16H22O2/c1-10(2)18-12-6-3-5-11(9-12)16(17)15-13-7-4-8-14(13)15/h3,5-6,9-10,13-17H,4,7-8H2,1-2H3. The van der Waals surface area contributed by atoms with Gasteiger partial charge in [-0.25, -0.2) is 0 Å². The lowest BCUT2D eigenvalue weighted by Crippen LogP contribution is -2.08. The summed E-state index contributed by atoms with van der Waals surface area (Å²) in [5, 5.41) is 10.5. The number of aliphatic hydroxyl groups is 1. The molecule has 1 aromatic carbocycles. The summed E-state index contributed by atoms with van der Waals surface area (Å²) < 4.78 is 5.69. The number of benzene rings is 1. The Balaban J connectivity index is 1.72. The molecule has 2 aliphatic rings. The van der Waals surface area contributed by atoms with Crippen molar-refractivity contribution in [3.8, 4) is 5.75 Å². The van der Waals surface area contributed by atoms with Gasteiger partial charge < -0.3 is 9.84 Å². The summed E-state index contributed by atoms with van der Waals surface area (Å²) in [6.07, 6.45) is 3.87. The first-order chi connectivity index (χ1) is 8.66. The van der Waals surface area contributed by atoms with Crippen molar-refractivity contribution < 1.29 is 9.84 Å². The Morgan fingerprint density at radius 3 is 2.61 bits per heavy atom. The SMILES string of the molecule is CC(C)Oc1cccc(C(O)C2C3CCCC32)c1. The second-order valence-electron chi connectivity index (χ2n) is 6.02. The molecule has 0 heterocycles. The average molecular weight is 246 g/mol. The molecule has 0 amide bonds. The van der Waals surface area contributed by atoms with E-state index >= 15 is 0 Å². The van der Waals surface area contributed by atoms with E-state index in [1.54, 1.807) is 0 Å². The van der Waals surface area contributed by atoms with E-state index in [2.05, 4.69) is 0 Å². The highest BCUT2D eigenvalue weighted by atomic mass is 16.5. The molecular formula is C16H22O2. The number of hydrogen-bond donors (Lipinski definition) is 1. The lowest BCUT2D eigenvalue weighted by molar-refractivity contribution is 0.136. The summed E-state index contributed by atoms with van der Waals surface area (Å²) in [7, 11) is 0. The van der Waals surface area contributed by atoms with Gasteiger partial charge in [0.25, 0.3) is 0 Å².